The minimum absolute atomic E-state index is 0. The van der Waals surface area contributed by atoms with E-state index < -0.39 is 0 Å². The Kier molecular flexibility index (Phi) is 7.97. The Labute approximate surface area is 170 Å². The van der Waals surface area contributed by atoms with E-state index in [0.717, 1.165) is 25.7 Å². The minimum atomic E-state index is 0. The number of piperidine rings is 1. The van der Waals surface area contributed by atoms with Gasteiger partial charge in [0.25, 0.3) is 0 Å². The third kappa shape index (κ3) is 5.24. The van der Waals surface area contributed by atoms with Gasteiger partial charge in [0.2, 0.25) is 0 Å². The van der Waals surface area contributed by atoms with Crippen molar-refractivity contribution in [2.24, 2.45) is 5.92 Å². The van der Waals surface area contributed by atoms with Crippen LogP contribution in [0.15, 0.2) is 30.3 Å². The molecule has 152 valence electrons. The van der Waals surface area contributed by atoms with Gasteiger partial charge in [-0.3, -0.25) is 4.90 Å². The van der Waals surface area contributed by atoms with Crippen LogP contribution in [-0.2, 0) is 4.74 Å². The van der Waals surface area contributed by atoms with Crippen LogP contribution in [0.3, 0.4) is 0 Å². The molecule has 4 unspecified atom stereocenters. The summed E-state index contributed by atoms with van der Waals surface area (Å²) in [4.78, 5) is 2.65. The summed E-state index contributed by atoms with van der Waals surface area (Å²) in [5, 5.41) is 7.74. The SMILES string of the molecule is CC(c1ccccc1)N1CCC(NC2CCCC2C2COCCN2)CC1.Cl. The Hall–Kier alpha value is -0.650. The third-order valence-corrected chi connectivity index (χ3v) is 6.85. The number of nitrogens with zero attached hydrogens (tertiary/aromatic N) is 1. The highest BCUT2D eigenvalue weighted by molar-refractivity contribution is 5.85. The van der Waals surface area contributed by atoms with Crippen LogP contribution in [0, 0.1) is 5.92 Å². The van der Waals surface area contributed by atoms with Gasteiger partial charge in [-0.2, -0.15) is 0 Å². The number of hydrogen-bond donors (Lipinski definition) is 2. The molecule has 27 heavy (non-hydrogen) atoms. The van der Waals surface area contributed by atoms with Crippen LogP contribution in [0.25, 0.3) is 0 Å². The van der Waals surface area contributed by atoms with Gasteiger partial charge in [-0.25, -0.2) is 0 Å². The van der Waals surface area contributed by atoms with E-state index in [1.807, 2.05) is 0 Å². The molecule has 3 fully saturated rings. The summed E-state index contributed by atoms with van der Waals surface area (Å²) in [7, 11) is 0. The van der Waals surface area contributed by atoms with Crippen molar-refractivity contribution in [3.8, 4) is 0 Å². The van der Waals surface area contributed by atoms with Crippen molar-refractivity contribution in [1.29, 1.82) is 0 Å². The van der Waals surface area contributed by atoms with E-state index in [-0.39, 0.29) is 12.4 Å². The molecule has 4 rings (SSSR count). The molecule has 4 atom stereocenters. The molecule has 2 aliphatic heterocycles. The largest absolute Gasteiger partial charge is 0.379 e. The number of nitrogens with one attached hydrogen (secondary N) is 2. The van der Waals surface area contributed by atoms with Gasteiger partial charge in [0.15, 0.2) is 0 Å². The van der Waals surface area contributed by atoms with Crippen molar-refractivity contribution >= 4 is 12.4 Å². The zero-order chi connectivity index (χ0) is 17.8. The smallest absolute Gasteiger partial charge is 0.0623 e. The Morgan fingerprint density at radius 1 is 1.11 bits per heavy atom. The molecule has 3 aliphatic rings. The molecule has 0 spiro atoms. The zero-order valence-corrected chi connectivity index (χ0v) is 17.4. The number of rotatable bonds is 5. The molecular weight excluding hydrogens is 358 g/mol. The van der Waals surface area contributed by atoms with E-state index in [2.05, 4.69) is 52.8 Å². The first-order valence-electron chi connectivity index (χ1n) is 10.7. The molecule has 2 heterocycles. The Morgan fingerprint density at radius 2 is 1.89 bits per heavy atom. The van der Waals surface area contributed by atoms with Gasteiger partial charge < -0.3 is 15.4 Å². The third-order valence-electron chi connectivity index (χ3n) is 6.85. The Bertz CT molecular complexity index is 544. The second kappa shape index (κ2) is 10.2. The van der Waals surface area contributed by atoms with Crippen LogP contribution in [-0.4, -0.2) is 55.9 Å². The van der Waals surface area contributed by atoms with Gasteiger partial charge in [0, 0.05) is 43.8 Å². The van der Waals surface area contributed by atoms with Crippen LogP contribution >= 0.6 is 12.4 Å². The summed E-state index contributed by atoms with van der Waals surface area (Å²) in [6, 6.07) is 13.4. The molecular formula is C22H36ClN3O. The van der Waals surface area contributed by atoms with Gasteiger partial charge in [-0.05, 0) is 44.1 Å². The summed E-state index contributed by atoms with van der Waals surface area (Å²) in [5.41, 5.74) is 1.44. The number of ether oxygens (including phenoxy) is 1. The number of benzene rings is 1. The number of likely N-dealkylation sites (tertiary alicyclic amines) is 1. The lowest BCUT2D eigenvalue weighted by Gasteiger charge is -2.39. The Morgan fingerprint density at radius 3 is 2.59 bits per heavy atom. The molecule has 1 aliphatic carbocycles. The summed E-state index contributed by atoms with van der Waals surface area (Å²) >= 11 is 0. The lowest BCUT2D eigenvalue weighted by Crippen LogP contribution is -2.53. The van der Waals surface area contributed by atoms with Crippen molar-refractivity contribution < 1.29 is 4.74 Å². The predicted octanol–water partition coefficient (Wildman–Crippen LogP) is 3.38. The second-order valence-corrected chi connectivity index (χ2v) is 8.40. The van der Waals surface area contributed by atoms with E-state index in [1.54, 1.807) is 0 Å². The first-order valence-corrected chi connectivity index (χ1v) is 10.7. The molecule has 0 bridgehead atoms. The molecule has 2 N–H and O–H groups in total. The highest BCUT2D eigenvalue weighted by Gasteiger charge is 2.36. The van der Waals surface area contributed by atoms with Crippen molar-refractivity contribution in [2.75, 3.05) is 32.8 Å². The van der Waals surface area contributed by atoms with E-state index >= 15 is 0 Å². The van der Waals surface area contributed by atoms with Crippen LogP contribution in [0.5, 0.6) is 0 Å². The minimum Gasteiger partial charge on any atom is -0.379 e. The maximum absolute atomic E-state index is 5.72. The second-order valence-electron chi connectivity index (χ2n) is 8.40. The molecule has 5 heteroatoms. The number of morpholine rings is 1. The summed E-state index contributed by atoms with van der Waals surface area (Å²) < 4.78 is 5.72. The van der Waals surface area contributed by atoms with Gasteiger partial charge in [0.05, 0.1) is 13.2 Å². The van der Waals surface area contributed by atoms with Crippen LogP contribution < -0.4 is 10.6 Å². The fraction of sp³-hybridized carbons (Fsp3) is 0.727. The maximum Gasteiger partial charge on any atom is 0.0623 e. The normalized spacial score (nSPS) is 31.4. The van der Waals surface area contributed by atoms with Crippen molar-refractivity contribution in [3.05, 3.63) is 35.9 Å². The molecule has 2 saturated heterocycles. The summed E-state index contributed by atoms with van der Waals surface area (Å²) in [5.74, 6) is 0.747. The van der Waals surface area contributed by atoms with E-state index in [4.69, 9.17) is 4.74 Å². The quantitative estimate of drug-likeness (QED) is 0.804. The molecule has 0 radical (unpaired) electrons. The Balaban J connectivity index is 0.00000210. The lowest BCUT2D eigenvalue weighted by molar-refractivity contribution is 0.0502. The molecule has 1 saturated carbocycles. The predicted molar refractivity (Wildman–Crippen MR) is 114 cm³/mol. The fourth-order valence-electron chi connectivity index (χ4n) is 5.24. The first-order chi connectivity index (χ1) is 12.8. The summed E-state index contributed by atoms with van der Waals surface area (Å²) in [6.07, 6.45) is 6.60. The average Bonchev–Trinajstić information content (AvgIpc) is 3.17. The van der Waals surface area contributed by atoms with Gasteiger partial charge in [0.1, 0.15) is 0 Å². The number of halogens is 1. The molecule has 1 aromatic carbocycles. The van der Waals surface area contributed by atoms with Crippen molar-refractivity contribution in [2.45, 2.75) is 63.2 Å². The monoisotopic (exact) mass is 393 g/mol. The highest BCUT2D eigenvalue weighted by Crippen LogP contribution is 2.31. The highest BCUT2D eigenvalue weighted by atomic mass is 35.5. The lowest BCUT2D eigenvalue weighted by atomic mass is 9.92. The van der Waals surface area contributed by atoms with E-state index in [9.17, 15) is 0 Å². The number of hydrogen-bond acceptors (Lipinski definition) is 4. The fourth-order valence-corrected chi connectivity index (χ4v) is 5.24. The standard InChI is InChI=1S/C22H35N3O.ClH/c1-17(18-6-3-2-4-7-18)25-13-10-19(11-14-25)24-21-9-5-8-20(21)22-16-26-15-12-23-22;/h2-4,6-7,17,19-24H,5,8-16H2,1H3;1H. The van der Waals surface area contributed by atoms with Crippen molar-refractivity contribution in [3.63, 3.8) is 0 Å². The summed E-state index contributed by atoms with van der Waals surface area (Å²) in [6.45, 7) is 7.55. The van der Waals surface area contributed by atoms with E-state index in [0.29, 0.717) is 24.2 Å². The first kappa shape index (κ1) is 21.1. The zero-order valence-electron chi connectivity index (χ0n) is 16.6. The van der Waals surface area contributed by atoms with Gasteiger partial charge in [-0.15, -0.1) is 12.4 Å². The van der Waals surface area contributed by atoms with Crippen molar-refractivity contribution in [1.82, 2.24) is 15.5 Å². The maximum atomic E-state index is 5.72. The van der Waals surface area contributed by atoms with Gasteiger partial charge >= 0.3 is 0 Å². The average molecular weight is 394 g/mol. The van der Waals surface area contributed by atoms with Gasteiger partial charge in [-0.1, -0.05) is 36.8 Å². The molecule has 0 aromatic heterocycles. The van der Waals surface area contributed by atoms with E-state index in [1.165, 1.54) is 50.8 Å². The topological polar surface area (TPSA) is 36.5 Å². The molecule has 4 nitrogen and oxygen atoms in total. The van der Waals surface area contributed by atoms with Crippen LogP contribution in [0.4, 0.5) is 0 Å². The molecule has 0 amide bonds. The molecule has 1 aromatic rings. The van der Waals surface area contributed by atoms with Crippen LogP contribution in [0.2, 0.25) is 0 Å². The van der Waals surface area contributed by atoms with Crippen LogP contribution in [0.1, 0.15) is 50.6 Å².